The molecule has 2 heteroatoms. The van der Waals surface area contributed by atoms with Gasteiger partial charge in [0.05, 0.1) is 0 Å². The normalized spacial score (nSPS) is 10.2. The van der Waals surface area contributed by atoms with Crippen molar-refractivity contribution in [3.63, 3.8) is 0 Å². The Morgan fingerprint density at radius 3 is 1.47 bits per heavy atom. The second kappa shape index (κ2) is 4.51. The summed E-state index contributed by atoms with van der Waals surface area (Å²) in [5.41, 5.74) is 9.37. The predicted octanol–water partition coefficient (Wildman–Crippen LogP) is 3.81. The minimum Gasteiger partial charge on any atom is -0.209 e. The van der Waals surface area contributed by atoms with Crippen LogP contribution < -0.4 is 0 Å². The van der Waals surface area contributed by atoms with Gasteiger partial charge in [-0.3, -0.25) is 0 Å². The minimum absolute atomic E-state index is 0.174. The molecule has 0 aliphatic heterocycles. The lowest BCUT2D eigenvalue weighted by Gasteiger charge is -2.10. The van der Waals surface area contributed by atoms with Gasteiger partial charge >= 0.3 is 0 Å². The van der Waals surface area contributed by atoms with E-state index in [0.29, 0.717) is 0 Å². The predicted molar refractivity (Wildman–Crippen MR) is 59.9 cm³/mol. The van der Waals surface area contributed by atoms with Crippen LogP contribution in [-0.4, -0.2) is 0 Å². The Balaban J connectivity index is 2.38. The zero-order valence-corrected chi connectivity index (χ0v) is 8.30. The van der Waals surface area contributed by atoms with E-state index in [2.05, 4.69) is 5.11 Å². The van der Waals surface area contributed by atoms with Gasteiger partial charge in [-0.2, -0.15) is 5.11 Å². The Bertz CT molecular complexity index is 383. The second-order valence-corrected chi connectivity index (χ2v) is 3.35. The number of nitrogens with zero attached hydrogens (tertiary/aromatic N) is 1. The van der Waals surface area contributed by atoms with E-state index in [0.717, 1.165) is 11.1 Å². The van der Waals surface area contributed by atoms with Crippen LogP contribution in [0.2, 0.25) is 0 Å². The molecular formula is C13H12N2. The fraction of sp³-hybridized carbons (Fsp3) is 0.0769. The first-order valence-corrected chi connectivity index (χ1v) is 4.88. The lowest BCUT2D eigenvalue weighted by molar-refractivity contribution is 0.776. The molecule has 0 amide bonds. The maximum absolute atomic E-state index is 7.26. The molecule has 0 fully saturated rings. The van der Waals surface area contributed by atoms with Crippen LogP contribution in [0.25, 0.3) is 0 Å². The van der Waals surface area contributed by atoms with E-state index < -0.39 is 0 Å². The van der Waals surface area contributed by atoms with E-state index in [9.17, 15) is 0 Å². The maximum atomic E-state index is 7.26. The fourth-order valence-corrected chi connectivity index (χ4v) is 1.61. The standard InChI is InChI=1S/C13H12N2/c14-15-13(11-7-3-1-4-8-11)12-9-5-2-6-10-12/h1-10,13-14H. The molecule has 74 valence electrons. The molecule has 0 aliphatic carbocycles. The second-order valence-electron chi connectivity index (χ2n) is 3.35. The topological polar surface area (TPSA) is 36.2 Å². The lowest BCUT2D eigenvalue weighted by Crippen LogP contribution is -1.96. The van der Waals surface area contributed by atoms with Gasteiger partial charge in [0, 0.05) is 0 Å². The molecule has 0 aromatic heterocycles. The molecule has 0 aliphatic rings. The van der Waals surface area contributed by atoms with Crippen LogP contribution in [0.3, 0.4) is 0 Å². The van der Waals surface area contributed by atoms with E-state index >= 15 is 0 Å². The van der Waals surface area contributed by atoms with Crippen LogP contribution in [0.4, 0.5) is 0 Å². The summed E-state index contributed by atoms with van der Waals surface area (Å²) >= 11 is 0. The summed E-state index contributed by atoms with van der Waals surface area (Å²) in [6, 6.07) is 19.6. The highest BCUT2D eigenvalue weighted by atomic mass is 15.0. The highest BCUT2D eigenvalue weighted by Gasteiger charge is 2.10. The van der Waals surface area contributed by atoms with Gasteiger partial charge in [-0.25, -0.2) is 5.53 Å². The Morgan fingerprint density at radius 1 is 0.733 bits per heavy atom. The Kier molecular flexibility index (Phi) is 2.88. The Hall–Kier alpha value is -1.96. The number of rotatable bonds is 3. The van der Waals surface area contributed by atoms with Crippen molar-refractivity contribution < 1.29 is 0 Å². The summed E-state index contributed by atoms with van der Waals surface area (Å²) in [6.45, 7) is 0. The van der Waals surface area contributed by atoms with Crippen molar-refractivity contribution in [2.75, 3.05) is 0 Å². The highest BCUT2D eigenvalue weighted by Crippen LogP contribution is 2.24. The van der Waals surface area contributed by atoms with Crippen molar-refractivity contribution >= 4 is 0 Å². The van der Waals surface area contributed by atoms with Gasteiger partial charge in [-0.05, 0) is 11.1 Å². The molecule has 2 rings (SSSR count). The summed E-state index contributed by atoms with van der Waals surface area (Å²) in [5, 5.41) is 3.68. The van der Waals surface area contributed by atoms with Gasteiger partial charge in [0.15, 0.2) is 0 Å². The molecule has 0 saturated heterocycles. The average molecular weight is 196 g/mol. The third kappa shape index (κ3) is 2.10. The molecule has 0 atom stereocenters. The van der Waals surface area contributed by atoms with Gasteiger partial charge in [0.2, 0.25) is 0 Å². The first kappa shape index (κ1) is 9.59. The van der Waals surface area contributed by atoms with Gasteiger partial charge in [-0.1, -0.05) is 60.7 Å². The zero-order chi connectivity index (χ0) is 10.5. The van der Waals surface area contributed by atoms with Crippen molar-refractivity contribution in [3.8, 4) is 0 Å². The van der Waals surface area contributed by atoms with Crippen LogP contribution in [0.5, 0.6) is 0 Å². The summed E-state index contributed by atoms with van der Waals surface area (Å²) in [4.78, 5) is 0. The molecule has 0 bridgehead atoms. The molecule has 1 N–H and O–H groups in total. The van der Waals surface area contributed by atoms with Gasteiger partial charge in [0.1, 0.15) is 6.04 Å². The molecular weight excluding hydrogens is 184 g/mol. The molecule has 0 radical (unpaired) electrons. The largest absolute Gasteiger partial charge is 0.209 e. The number of hydrogen-bond acceptors (Lipinski definition) is 2. The first-order chi connectivity index (χ1) is 7.42. The minimum atomic E-state index is -0.174. The van der Waals surface area contributed by atoms with Crippen molar-refractivity contribution in [1.82, 2.24) is 0 Å². The zero-order valence-electron chi connectivity index (χ0n) is 8.30. The Morgan fingerprint density at radius 2 is 1.13 bits per heavy atom. The molecule has 2 nitrogen and oxygen atoms in total. The van der Waals surface area contributed by atoms with Gasteiger partial charge in [-0.15, -0.1) is 0 Å². The van der Waals surface area contributed by atoms with Crippen molar-refractivity contribution in [2.24, 2.45) is 5.11 Å². The summed E-state index contributed by atoms with van der Waals surface area (Å²) < 4.78 is 0. The molecule has 0 saturated carbocycles. The highest BCUT2D eigenvalue weighted by molar-refractivity contribution is 5.31. The molecule has 15 heavy (non-hydrogen) atoms. The monoisotopic (exact) mass is 196 g/mol. The molecule has 0 unspecified atom stereocenters. The van der Waals surface area contributed by atoms with E-state index in [-0.39, 0.29) is 6.04 Å². The first-order valence-electron chi connectivity index (χ1n) is 4.88. The average Bonchev–Trinajstić information content (AvgIpc) is 2.33. The molecule has 2 aromatic rings. The van der Waals surface area contributed by atoms with Crippen molar-refractivity contribution in [3.05, 3.63) is 71.8 Å². The smallest absolute Gasteiger partial charge is 0.121 e. The molecule has 0 spiro atoms. The summed E-state index contributed by atoms with van der Waals surface area (Å²) in [6.07, 6.45) is 0. The van der Waals surface area contributed by atoms with Gasteiger partial charge < -0.3 is 0 Å². The van der Waals surface area contributed by atoms with Crippen LogP contribution >= 0.6 is 0 Å². The number of benzene rings is 2. The SMILES string of the molecule is N=NC(c1ccccc1)c1ccccc1. The summed E-state index contributed by atoms with van der Waals surface area (Å²) in [7, 11) is 0. The lowest BCUT2D eigenvalue weighted by atomic mass is 10.00. The van der Waals surface area contributed by atoms with Crippen LogP contribution in [0, 0.1) is 5.53 Å². The number of nitrogens with one attached hydrogen (secondary N) is 1. The third-order valence-corrected chi connectivity index (χ3v) is 2.36. The maximum Gasteiger partial charge on any atom is 0.121 e. The van der Waals surface area contributed by atoms with E-state index in [4.69, 9.17) is 5.53 Å². The third-order valence-electron chi connectivity index (χ3n) is 2.36. The van der Waals surface area contributed by atoms with Crippen molar-refractivity contribution in [1.29, 1.82) is 5.53 Å². The summed E-state index contributed by atoms with van der Waals surface area (Å²) in [5.74, 6) is 0. The van der Waals surface area contributed by atoms with Gasteiger partial charge in [0.25, 0.3) is 0 Å². The van der Waals surface area contributed by atoms with E-state index in [1.807, 2.05) is 60.7 Å². The van der Waals surface area contributed by atoms with Crippen LogP contribution in [0.15, 0.2) is 65.8 Å². The fourth-order valence-electron chi connectivity index (χ4n) is 1.61. The van der Waals surface area contributed by atoms with E-state index in [1.165, 1.54) is 0 Å². The molecule has 2 aromatic carbocycles. The van der Waals surface area contributed by atoms with Crippen LogP contribution in [-0.2, 0) is 0 Å². The molecule has 0 heterocycles. The van der Waals surface area contributed by atoms with Crippen LogP contribution in [0.1, 0.15) is 17.2 Å². The quantitative estimate of drug-likeness (QED) is 0.725. The number of hydrogen-bond donors (Lipinski definition) is 1. The Labute approximate surface area is 89.1 Å². The van der Waals surface area contributed by atoms with E-state index in [1.54, 1.807) is 0 Å². The van der Waals surface area contributed by atoms with Crippen molar-refractivity contribution in [2.45, 2.75) is 6.04 Å².